The molecule has 34 heavy (non-hydrogen) atoms. The molecule has 4 nitrogen and oxygen atoms in total. The molecule has 0 saturated carbocycles. The molecule has 0 aliphatic rings. The van der Waals surface area contributed by atoms with Crippen LogP contribution in [0, 0.1) is 5.82 Å². The fraction of sp³-hybridized carbons (Fsp3) is 0.0909. The molecule has 178 valence electrons. The van der Waals surface area contributed by atoms with E-state index in [0.29, 0.717) is 18.2 Å². The van der Waals surface area contributed by atoms with E-state index in [1.807, 2.05) is 0 Å². The maximum absolute atomic E-state index is 14.5. The molecule has 0 spiro atoms. The Bertz CT molecular complexity index is 1260. The molecule has 0 aliphatic carbocycles. The number of hydrogen-bond acceptors (Lipinski definition) is 2. The quantitative estimate of drug-likeness (QED) is 0.375. The van der Waals surface area contributed by atoms with Gasteiger partial charge in [0.25, 0.3) is 11.8 Å². The van der Waals surface area contributed by atoms with Crippen LogP contribution in [0.2, 0.25) is 5.02 Å². The van der Waals surface area contributed by atoms with Gasteiger partial charge in [0, 0.05) is 5.56 Å². The van der Waals surface area contributed by atoms with Gasteiger partial charge < -0.3 is 10.6 Å². The summed E-state index contributed by atoms with van der Waals surface area (Å²) < 4.78 is 92.1. The van der Waals surface area contributed by atoms with Gasteiger partial charge in [-0.15, -0.1) is 0 Å². The van der Waals surface area contributed by atoms with Crippen molar-refractivity contribution < 1.29 is 40.3 Å². The van der Waals surface area contributed by atoms with E-state index in [-0.39, 0.29) is 5.02 Å². The van der Waals surface area contributed by atoms with Crippen LogP contribution in [0.25, 0.3) is 0 Å². The van der Waals surface area contributed by atoms with Crippen molar-refractivity contribution in [3.8, 4) is 0 Å². The van der Waals surface area contributed by atoms with Crippen molar-refractivity contribution in [1.82, 2.24) is 0 Å². The lowest BCUT2D eigenvalue weighted by atomic mass is 10.1. The predicted octanol–water partition coefficient (Wildman–Crippen LogP) is 7.02. The summed E-state index contributed by atoms with van der Waals surface area (Å²) in [5.74, 6) is -3.48. The number of carbonyl (C=O) groups is 2. The SMILES string of the molecule is O=C(Nc1cccc(F)c1C(=O)Nc1cc(C(F)(F)F)ccc1Cl)c1cccc(C(F)(F)F)c1. The molecule has 0 atom stereocenters. The Labute approximate surface area is 192 Å². The summed E-state index contributed by atoms with van der Waals surface area (Å²) in [7, 11) is 0. The number of carbonyl (C=O) groups excluding carboxylic acids is 2. The number of benzene rings is 3. The van der Waals surface area contributed by atoms with Gasteiger partial charge in [-0.05, 0) is 48.5 Å². The van der Waals surface area contributed by atoms with Gasteiger partial charge in [-0.1, -0.05) is 23.7 Å². The Morgan fingerprint density at radius 1 is 0.706 bits per heavy atom. The second-order valence-corrected chi connectivity index (χ2v) is 7.25. The van der Waals surface area contributed by atoms with Crippen molar-refractivity contribution >= 4 is 34.8 Å². The van der Waals surface area contributed by atoms with Crippen molar-refractivity contribution in [3.63, 3.8) is 0 Å². The zero-order chi connectivity index (χ0) is 25.3. The third-order valence-corrected chi connectivity index (χ3v) is 4.81. The monoisotopic (exact) mass is 504 g/mol. The maximum atomic E-state index is 14.5. The number of halogens is 8. The molecule has 3 aromatic rings. The average molecular weight is 505 g/mol. The maximum Gasteiger partial charge on any atom is 0.416 e. The van der Waals surface area contributed by atoms with Crippen LogP contribution < -0.4 is 10.6 Å². The number of nitrogens with one attached hydrogen (secondary N) is 2. The van der Waals surface area contributed by atoms with Crippen molar-refractivity contribution in [2.75, 3.05) is 10.6 Å². The van der Waals surface area contributed by atoms with Gasteiger partial charge in [-0.25, -0.2) is 4.39 Å². The summed E-state index contributed by atoms with van der Waals surface area (Å²) in [6, 6.07) is 8.55. The highest BCUT2D eigenvalue weighted by Crippen LogP contribution is 2.34. The van der Waals surface area contributed by atoms with Crippen LogP contribution in [0.1, 0.15) is 31.8 Å². The lowest BCUT2D eigenvalue weighted by Gasteiger charge is -2.15. The van der Waals surface area contributed by atoms with Crippen molar-refractivity contribution in [2.45, 2.75) is 12.4 Å². The second kappa shape index (κ2) is 9.34. The van der Waals surface area contributed by atoms with Gasteiger partial charge in [-0.2, -0.15) is 26.3 Å². The average Bonchev–Trinajstić information content (AvgIpc) is 2.74. The molecule has 3 aromatic carbocycles. The molecule has 2 amide bonds. The lowest BCUT2D eigenvalue weighted by molar-refractivity contribution is -0.138. The first-order valence-corrected chi connectivity index (χ1v) is 9.60. The summed E-state index contributed by atoms with van der Waals surface area (Å²) in [4.78, 5) is 25.1. The lowest BCUT2D eigenvalue weighted by Crippen LogP contribution is -2.20. The third kappa shape index (κ3) is 5.66. The highest BCUT2D eigenvalue weighted by atomic mass is 35.5. The smallest absolute Gasteiger partial charge is 0.321 e. The molecule has 2 N–H and O–H groups in total. The minimum atomic E-state index is -4.74. The zero-order valence-electron chi connectivity index (χ0n) is 16.6. The highest BCUT2D eigenvalue weighted by Gasteiger charge is 2.32. The van der Waals surface area contributed by atoms with E-state index in [1.165, 1.54) is 0 Å². The Kier molecular flexibility index (Phi) is 6.87. The summed E-state index contributed by atoms with van der Waals surface area (Å²) in [6.45, 7) is 0. The normalized spacial score (nSPS) is 11.8. The summed E-state index contributed by atoms with van der Waals surface area (Å²) in [6.07, 6.45) is -9.46. The first kappa shape index (κ1) is 25.0. The molecule has 3 rings (SSSR count). The molecular formula is C22H12ClF7N2O2. The van der Waals surface area contributed by atoms with Crippen LogP contribution >= 0.6 is 11.6 Å². The van der Waals surface area contributed by atoms with Crippen LogP contribution in [0.15, 0.2) is 60.7 Å². The third-order valence-electron chi connectivity index (χ3n) is 4.48. The highest BCUT2D eigenvalue weighted by molar-refractivity contribution is 6.34. The Morgan fingerprint density at radius 3 is 1.94 bits per heavy atom. The van der Waals surface area contributed by atoms with Gasteiger partial charge in [0.2, 0.25) is 0 Å². The summed E-state index contributed by atoms with van der Waals surface area (Å²) in [5.41, 5.74) is -4.32. The molecule has 0 fully saturated rings. The molecule has 0 bridgehead atoms. The van der Waals surface area contributed by atoms with E-state index < -0.39 is 63.6 Å². The van der Waals surface area contributed by atoms with Gasteiger partial charge >= 0.3 is 12.4 Å². The van der Waals surface area contributed by atoms with E-state index in [4.69, 9.17) is 11.6 Å². The number of amides is 2. The second-order valence-electron chi connectivity index (χ2n) is 6.84. The van der Waals surface area contributed by atoms with Gasteiger partial charge in [0.05, 0.1) is 33.1 Å². The van der Waals surface area contributed by atoms with Crippen molar-refractivity contribution in [3.05, 3.63) is 93.8 Å². The van der Waals surface area contributed by atoms with Crippen LogP contribution in [0.5, 0.6) is 0 Å². The minimum absolute atomic E-state index is 0.271. The molecule has 0 aromatic heterocycles. The first-order chi connectivity index (χ1) is 15.8. The van der Waals surface area contributed by atoms with Crippen LogP contribution in [0.4, 0.5) is 42.1 Å². The molecule has 0 radical (unpaired) electrons. The van der Waals surface area contributed by atoms with E-state index in [9.17, 15) is 40.3 Å². The zero-order valence-corrected chi connectivity index (χ0v) is 17.4. The Hall–Kier alpha value is -3.60. The largest absolute Gasteiger partial charge is 0.416 e. The number of rotatable bonds is 4. The summed E-state index contributed by atoms with van der Waals surface area (Å²) in [5, 5.41) is 3.92. The van der Waals surface area contributed by atoms with Gasteiger partial charge in [0.1, 0.15) is 5.82 Å². The minimum Gasteiger partial charge on any atom is -0.321 e. The number of alkyl halides is 6. The first-order valence-electron chi connectivity index (χ1n) is 9.22. The molecule has 0 aliphatic heterocycles. The van der Waals surface area contributed by atoms with Crippen LogP contribution in [0.3, 0.4) is 0 Å². The summed E-state index contributed by atoms with van der Waals surface area (Å²) >= 11 is 5.84. The van der Waals surface area contributed by atoms with Crippen molar-refractivity contribution in [2.24, 2.45) is 0 Å². The van der Waals surface area contributed by atoms with Crippen LogP contribution in [-0.2, 0) is 12.4 Å². The van der Waals surface area contributed by atoms with E-state index in [0.717, 1.165) is 42.5 Å². The van der Waals surface area contributed by atoms with E-state index in [2.05, 4.69) is 10.6 Å². The van der Waals surface area contributed by atoms with E-state index in [1.54, 1.807) is 0 Å². The molecule has 0 heterocycles. The Morgan fingerprint density at radius 2 is 1.29 bits per heavy atom. The topological polar surface area (TPSA) is 58.2 Å². The Balaban J connectivity index is 1.91. The fourth-order valence-corrected chi connectivity index (χ4v) is 3.04. The number of hydrogen-bond donors (Lipinski definition) is 2. The molecule has 0 unspecified atom stereocenters. The predicted molar refractivity (Wildman–Crippen MR) is 110 cm³/mol. The molecule has 0 saturated heterocycles. The van der Waals surface area contributed by atoms with Gasteiger partial charge in [0.15, 0.2) is 0 Å². The molecular weight excluding hydrogens is 493 g/mol. The van der Waals surface area contributed by atoms with Crippen molar-refractivity contribution in [1.29, 1.82) is 0 Å². The standard InChI is InChI=1S/C22H12ClF7N2O2/c23-14-8-7-13(22(28,29)30)10-17(14)32-20(34)18-15(24)5-2-6-16(18)31-19(33)11-3-1-4-12(9-11)21(25,26)27/h1-10H,(H,31,33)(H,32,34). The number of anilines is 2. The fourth-order valence-electron chi connectivity index (χ4n) is 2.87. The van der Waals surface area contributed by atoms with Crippen LogP contribution in [-0.4, -0.2) is 11.8 Å². The molecule has 12 heteroatoms. The van der Waals surface area contributed by atoms with Gasteiger partial charge in [-0.3, -0.25) is 9.59 Å². The van der Waals surface area contributed by atoms with E-state index >= 15 is 0 Å².